The molecule has 0 amide bonds. The third-order valence-corrected chi connectivity index (χ3v) is 4.67. The van der Waals surface area contributed by atoms with Gasteiger partial charge in [0.2, 0.25) is 0 Å². The van der Waals surface area contributed by atoms with Crippen LogP contribution in [0.1, 0.15) is 25.3 Å². The molecule has 27 heavy (non-hydrogen) atoms. The van der Waals surface area contributed by atoms with Gasteiger partial charge in [0, 0.05) is 18.8 Å². The second kappa shape index (κ2) is 9.20. The van der Waals surface area contributed by atoms with Gasteiger partial charge in [0.05, 0.1) is 19.8 Å². The molecule has 1 fully saturated rings. The third-order valence-electron chi connectivity index (χ3n) is 4.67. The maximum Gasteiger partial charge on any atom is 0.348 e. The van der Waals surface area contributed by atoms with Crippen molar-refractivity contribution in [3.05, 3.63) is 64.4 Å². The Balaban J connectivity index is 2.00. The fourth-order valence-corrected chi connectivity index (χ4v) is 3.46. The first-order chi connectivity index (χ1) is 13.2. The molecule has 0 spiro atoms. The fourth-order valence-electron chi connectivity index (χ4n) is 3.46. The van der Waals surface area contributed by atoms with E-state index < -0.39 is 5.97 Å². The molecule has 1 aromatic rings. The second-order valence-electron chi connectivity index (χ2n) is 6.44. The quantitative estimate of drug-likeness (QED) is 0.455. The molecule has 1 aromatic carbocycles. The number of nitriles is 1. The number of esters is 1. The number of hydrogen-bond acceptors (Lipinski definition) is 5. The number of carbonyl (C=O) groups excluding carboxylic acids is 1. The Bertz CT molecular complexity index is 810. The van der Waals surface area contributed by atoms with Crippen molar-refractivity contribution in [3.8, 4) is 6.07 Å². The topological polar surface area (TPSA) is 62.6 Å². The Hall–Kier alpha value is -2.84. The SMILES string of the molecule is CCOC(=O)/C(C#N)=C/C1=C(N2CCOCC2)C(=C\c2ccccc2)/CC1. The van der Waals surface area contributed by atoms with Crippen molar-refractivity contribution < 1.29 is 14.3 Å². The van der Waals surface area contributed by atoms with Gasteiger partial charge in [-0.3, -0.25) is 0 Å². The largest absolute Gasteiger partial charge is 0.462 e. The number of carbonyl (C=O) groups is 1. The van der Waals surface area contributed by atoms with Gasteiger partial charge in [-0.1, -0.05) is 30.3 Å². The zero-order valence-electron chi connectivity index (χ0n) is 15.6. The van der Waals surface area contributed by atoms with E-state index >= 15 is 0 Å². The van der Waals surface area contributed by atoms with Gasteiger partial charge >= 0.3 is 5.97 Å². The number of morpholine rings is 1. The Morgan fingerprint density at radius 2 is 2.00 bits per heavy atom. The van der Waals surface area contributed by atoms with Crippen LogP contribution in [0.2, 0.25) is 0 Å². The molecule has 5 nitrogen and oxygen atoms in total. The molecule has 0 atom stereocenters. The maximum atomic E-state index is 12.0. The summed E-state index contributed by atoms with van der Waals surface area (Å²) in [4.78, 5) is 14.3. The lowest BCUT2D eigenvalue weighted by atomic mass is 10.1. The average molecular weight is 364 g/mol. The zero-order valence-corrected chi connectivity index (χ0v) is 15.6. The normalized spacial score (nSPS) is 19.3. The molecule has 2 aliphatic rings. The van der Waals surface area contributed by atoms with Gasteiger partial charge in [-0.15, -0.1) is 0 Å². The van der Waals surface area contributed by atoms with Crippen molar-refractivity contribution in [1.29, 1.82) is 5.26 Å². The van der Waals surface area contributed by atoms with E-state index in [1.165, 1.54) is 5.57 Å². The molecule has 3 rings (SSSR count). The van der Waals surface area contributed by atoms with Crippen LogP contribution >= 0.6 is 0 Å². The highest BCUT2D eigenvalue weighted by Gasteiger charge is 2.26. The minimum Gasteiger partial charge on any atom is -0.462 e. The fraction of sp³-hybridized carbons (Fsp3) is 0.364. The second-order valence-corrected chi connectivity index (χ2v) is 6.44. The number of rotatable bonds is 5. The van der Waals surface area contributed by atoms with Crippen LogP contribution in [-0.4, -0.2) is 43.8 Å². The molecule has 140 valence electrons. The Labute approximate surface area is 160 Å². The smallest absolute Gasteiger partial charge is 0.348 e. The van der Waals surface area contributed by atoms with Crippen molar-refractivity contribution in [3.63, 3.8) is 0 Å². The zero-order chi connectivity index (χ0) is 19.1. The highest BCUT2D eigenvalue weighted by molar-refractivity contribution is 5.93. The highest BCUT2D eigenvalue weighted by atomic mass is 16.5. The molecule has 5 heteroatoms. The predicted molar refractivity (Wildman–Crippen MR) is 103 cm³/mol. The average Bonchev–Trinajstić information content (AvgIpc) is 3.09. The number of hydrogen-bond donors (Lipinski definition) is 0. The third kappa shape index (κ3) is 4.66. The summed E-state index contributed by atoms with van der Waals surface area (Å²) in [5, 5.41) is 9.39. The van der Waals surface area contributed by atoms with Gasteiger partial charge in [0.25, 0.3) is 0 Å². The highest BCUT2D eigenvalue weighted by Crippen LogP contribution is 2.36. The van der Waals surface area contributed by atoms with Gasteiger partial charge in [0.15, 0.2) is 0 Å². The number of ether oxygens (including phenoxy) is 2. The standard InChI is InChI=1S/C22H24N2O3/c1-2-27-22(25)20(16-23)15-19-9-8-18(14-17-6-4-3-5-7-17)21(19)24-10-12-26-13-11-24/h3-7,14-15H,2,8-13H2,1H3/b18-14-,20-15+. The minimum absolute atomic E-state index is 0.0542. The molecule has 0 aromatic heterocycles. The summed E-state index contributed by atoms with van der Waals surface area (Å²) >= 11 is 0. The lowest BCUT2D eigenvalue weighted by Crippen LogP contribution is -2.36. The van der Waals surface area contributed by atoms with Crippen molar-refractivity contribution in [2.24, 2.45) is 0 Å². The summed E-state index contributed by atoms with van der Waals surface area (Å²) in [5.41, 5.74) is 4.58. The lowest BCUT2D eigenvalue weighted by Gasteiger charge is -2.31. The van der Waals surface area contributed by atoms with Gasteiger partial charge in [-0.2, -0.15) is 5.26 Å². The van der Waals surface area contributed by atoms with E-state index in [2.05, 4.69) is 23.1 Å². The molecule has 1 saturated heterocycles. The van der Waals surface area contributed by atoms with E-state index in [0.717, 1.165) is 42.8 Å². The van der Waals surface area contributed by atoms with Crippen LogP contribution in [0, 0.1) is 11.3 Å². The summed E-state index contributed by atoms with van der Waals surface area (Å²) in [6.45, 7) is 4.97. The van der Waals surface area contributed by atoms with E-state index in [9.17, 15) is 10.1 Å². The van der Waals surface area contributed by atoms with Gasteiger partial charge in [0.1, 0.15) is 11.6 Å². The maximum absolute atomic E-state index is 12.0. The van der Waals surface area contributed by atoms with Crippen LogP contribution in [0.4, 0.5) is 0 Å². The number of benzene rings is 1. The van der Waals surface area contributed by atoms with Crippen LogP contribution in [0.25, 0.3) is 6.08 Å². The van der Waals surface area contributed by atoms with Crippen LogP contribution in [0.3, 0.4) is 0 Å². The molecular formula is C22H24N2O3. The van der Waals surface area contributed by atoms with Crippen molar-refractivity contribution in [2.75, 3.05) is 32.9 Å². The number of allylic oxidation sites excluding steroid dienone is 3. The molecule has 0 bridgehead atoms. The van der Waals surface area contributed by atoms with E-state index in [4.69, 9.17) is 9.47 Å². The first-order valence-corrected chi connectivity index (χ1v) is 9.33. The molecule has 0 N–H and O–H groups in total. The molecular weight excluding hydrogens is 340 g/mol. The van der Waals surface area contributed by atoms with Gasteiger partial charge in [-0.05, 0) is 48.6 Å². The Kier molecular flexibility index (Phi) is 6.45. The summed E-state index contributed by atoms with van der Waals surface area (Å²) in [6.07, 6.45) is 5.58. The first kappa shape index (κ1) is 18.9. The van der Waals surface area contributed by atoms with Crippen LogP contribution in [0.5, 0.6) is 0 Å². The van der Waals surface area contributed by atoms with E-state index in [1.807, 2.05) is 24.3 Å². The van der Waals surface area contributed by atoms with Gasteiger partial charge in [-0.25, -0.2) is 4.79 Å². The van der Waals surface area contributed by atoms with E-state index in [1.54, 1.807) is 13.0 Å². The molecule has 0 unspecified atom stereocenters. The number of nitrogens with zero attached hydrogens (tertiary/aromatic N) is 2. The predicted octanol–water partition coefficient (Wildman–Crippen LogP) is 3.46. The molecule has 0 saturated carbocycles. The monoisotopic (exact) mass is 364 g/mol. The molecule has 0 radical (unpaired) electrons. The summed E-state index contributed by atoms with van der Waals surface area (Å²) in [5.74, 6) is -0.561. The van der Waals surface area contributed by atoms with Crippen molar-refractivity contribution >= 4 is 12.0 Å². The first-order valence-electron chi connectivity index (χ1n) is 9.33. The van der Waals surface area contributed by atoms with E-state index in [0.29, 0.717) is 13.2 Å². The van der Waals surface area contributed by atoms with Crippen molar-refractivity contribution in [2.45, 2.75) is 19.8 Å². The van der Waals surface area contributed by atoms with Crippen LogP contribution in [-0.2, 0) is 14.3 Å². The van der Waals surface area contributed by atoms with Crippen LogP contribution in [0.15, 0.2) is 58.8 Å². The molecule has 1 aliphatic heterocycles. The lowest BCUT2D eigenvalue weighted by molar-refractivity contribution is -0.138. The summed E-state index contributed by atoms with van der Waals surface area (Å²) < 4.78 is 10.5. The van der Waals surface area contributed by atoms with E-state index in [-0.39, 0.29) is 12.2 Å². The summed E-state index contributed by atoms with van der Waals surface area (Å²) in [7, 11) is 0. The Morgan fingerprint density at radius 1 is 1.26 bits per heavy atom. The van der Waals surface area contributed by atoms with Crippen molar-refractivity contribution in [1.82, 2.24) is 4.90 Å². The van der Waals surface area contributed by atoms with Gasteiger partial charge < -0.3 is 14.4 Å². The minimum atomic E-state index is -0.561. The molecule has 1 heterocycles. The Morgan fingerprint density at radius 3 is 2.67 bits per heavy atom. The molecule has 1 aliphatic carbocycles. The summed E-state index contributed by atoms with van der Waals surface area (Å²) in [6, 6.07) is 12.2. The van der Waals surface area contributed by atoms with Crippen LogP contribution < -0.4 is 0 Å².